The summed E-state index contributed by atoms with van der Waals surface area (Å²) < 4.78 is 4.90. The molecule has 100 valence electrons. The third-order valence-corrected chi connectivity index (χ3v) is 2.68. The zero-order chi connectivity index (χ0) is 13.5. The van der Waals surface area contributed by atoms with Crippen LogP contribution in [0.1, 0.15) is 12.0 Å². The number of phenolic OH excluding ortho intramolecular Hbond substituents is 1. The largest absolute Gasteiger partial charge is 0.508 e. The minimum atomic E-state index is -0.535. The van der Waals surface area contributed by atoms with E-state index in [1.165, 1.54) is 0 Å². The molecule has 0 aromatic heterocycles. The van der Waals surface area contributed by atoms with Gasteiger partial charge in [0.05, 0.1) is 6.04 Å². The number of amides is 1. The summed E-state index contributed by atoms with van der Waals surface area (Å²) in [6.07, 6.45) is 0.509. The Hall–Kier alpha value is -1.59. The van der Waals surface area contributed by atoms with Gasteiger partial charge in [-0.2, -0.15) is 0 Å². The molecular formula is C13H20N2O3. The van der Waals surface area contributed by atoms with E-state index >= 15 is 0 Å². The van der Waals surface area contributed by atoms with Crippen LogP contribution in [0, 0.1) is 0 Å². The van der Waals surface area contributed by atoms with Gasteiger partial charge in [0.1, 0.15) is 5.75 Å². The van der Waals surface area contributed by atoms with Crippen molar-refractivity contribution in [2.75, 3.05) is 20.8 Å². The van der Waals surface area contributed by atoms with Crippen molar-refractivity contribution in [1.82, 2.24) is 4.90 Å². The summed E-state index contributed by atoms with van der Waals surface area (Å²) in [5, 5.41) is 9.17. The molecule has 5 nitrogen and oxygen atoms in total. The summed E-state index contributed by atoms with van der Waals surface area (Å²) >= 11 is 0. The van der Waals surface area contributed by atoms with Crippen molar-refractivity contribution in [2.24, 2.45) is 5.73 Å². The quantitative estimate of drug-likeness (QED) is 0.782. The van der Waals surface area contributed by atoms with Gasteiger partial charge in [0.25, 0.3) is 0 Å². The van der Waals surface area contributed by atoms with Crippen molar-refractivity contribution in [1.29, 1.82) is 0 Å². The number of ether oxygens (including phenoxy) is 1. The highest BCUT2D eigenvalue weighted by Crippen LogP contribution is 2.11. The van der Waals surface area contributed by atoms with Gasteiger partial charge in [0.15, 0.2) is 0 Å². The number of aromatic hydroxyl groups is 1. The number of methoxy groups -OCH3 is 1. The SMILES string of the molecule is COCCC(N)C(=O)N(C)Cc1ccc(O)cc1. The molecular weight excluding hydrogens is 232 g/mol. The Morgan fingerprint density at radius 2 is 2.06 bits per heavy atom. The first-order valence-electron chi connectivity index (χ1n) is 5.82. The molecule has 18 heavy (non-hydrogen) atoms. The number of nitrogens with two attached hydrogens (primary N) is 1. The molecule has 0 heterocycles. The minimum Gasteiger partial charge on any atom is -0.508 e. The molecule has 0 bridgehead atoms. The van der Waals surface area contributed by atoms with Crippen molar-refractivity contribution >= 4 is 5.91 Å². The van der Waals surface area contributed by atoms with E-state index in [4.69, 9.17) is 10.5 Å². The van der Waals surface area contributed by atoms with Gasteiger partial charge < -0.3 is 20.5 Å². The topological polar surface area (TPSA) is 75.8 Å². The fourth-order valence-corrected chi connectivity index (χ4v) is 1.60. The van der Waals surface area contributed by atoms with Crippen LogP contribution in [0.5, 0.6) is 5.75 Å². The van der Waals surface area contributed by atoms with E-state index in [0.29, 0.717) is 19.6 Å². The highest BCUT2D eigenvalue weighted by molar-refractivity contribution is 5.81. The van der Waals surface area contributed by atoms with Gasteiger partial charge in [-0.15, -0.1) is 0 Å². The van der Waals surface area contributed by atoms with Crippen molar-refractivity contribution in [3.63, 3.8) is 0 Å². The van der Waals surface area contributed by atoms with Crippen molar-refractivity contribution in [3.05, 3.63) is 29.8 Å². The number of benzene rings is 1. The van der Waals surface area contributed by atoms with Crippen LogP contribution < -0.4 is 5.73 Å². The van der Waals surface area contributed by atoms with Crippen LogP contribution in [0.3, 0.4) is 0 Å². The number of carbonyl (C=O) groups excluding carboxylic acids is 1. The molecule has 0 aliphatic carbocycles. The minimum absolute atomic E-state index is 0.111. The van der Waals surface area contributed by atoms with Gasteiger partial charge in [-0.1, -0.05) is 12.1 Å². The maximum absolute atomic E-state index is 11.9. The molecule has 0 aliphatic heterocycles. The summed E-state index contributed by atoms with van der Waals surface area (Å²) in [5.74, 6) is 0.102. The van der Waals surface area contributed by atoms with Crippen LogP contribution in [-0.2, 0) is 16.1 Å². The third kappa shape index (κ3) is 4.35. The second kappa shape index (κ2) is 6.98. The van der Waals surface area contributed by atoms with Crippen LogP contribution in [0.15, 0.2) is 24.3 Å². The van der Waals surface area contributed by atoms with Gasteiger partial charge in [0, 0.05) is 27.3 Å². The summed E-state index contributed by atoms with van der Waals surface area (Å²) in [6.45, 7) is 0.944. The van der Waals surface area contributed by atoms with Gasteiger partial charge >= 0.3 is 0 Å². The lowest BCUT2D eigenvalue weighted by Crippen LogP contribution is -2.42. The molecule has 0 saturated heterocycles. The standard InChI is InChI=1S/C13H20N2O3/c1-15(13(17)12(14)7-8-18-2)9-10-3-5-11(16)6-4-10/h3-6,12,16H,7-9,14H2,1-2H3. The van der Waals surface area contributed by atoms with Gasteiger partial charge in [0.2, 0.25) is 5.91 Å². The van der Waals surface area contributed by atoms with Gasteiger partial charge in [-0.25, -0.2) is 0 Å². The predicted octanol–water partition coefficient (Wildman–Crippen LogP) is 0.714. The lowest BCUT2D eigenvalue weighted by Gasteiger charge is -2.21. The Kier molecular flexibility index (Phi) is 5.61. The Morgan fingerprint density at radius 3 is 2.61 bits per heavy atom. The maximum Gasteiger partial charge on any atom is 0.239 e. The Labute approximate surface area is 107 Å². The molecule has 0 saturated carbocycles. The van der Waals surface area contributed by atoms with E-state index < -0.39 is 6.04 Å². The van der Waals surface area contributed by atoms with Crippen molar-refractivity contribution in [3.8, 4) is 5.75 Å². The predicted molar refractivity (Wildman–Crippen MR) is 69.0 cm³/mol. The van der Waals surface area contributed by atoms with Crippen LogP contribution in [-0.4, -0.2) is 42.7 Å². The van der Waals surface area contributed by atoms with E-state index in [1.807, 2.05) is 0 Å². The first-order chi connectivity index (χ1) is 8.54. The van der Waals surface area contributed by atoms with Gasteiger partial charge in [-0.3, -0.25) is 4.79 Å². The van der Waals surface area contributed by atoms with Crippen LogP contribution in [0.2, 0.25) is 0 Å². The second-order valence-electron chi connectivity index (χ2n) is 4.25. The maximum atomic E-state index is 11.9. The summed E-state index contributed by atoms with van der Waals surface area (Å²) in [4.78, 5) is 13.5. The van der Waals surface area contributed by atoms with E-state index in [2.05, 4.69) is 0 Å². The molecule has 1 unspecified atom stereocenters. The zero-order valence-corrected chi connectivity index (χ0v) is 10.8. The first kappa shape index (κ1) is 14.5. The zero-order valence-electron chi connectivity index (χ0n) is 10.8. The lowest BCUT2D eigenvalue weighted by atomic mass is 10.1. The third-order valence-electron chi connectivity index (χ3n) is 2.68. The average molecular weight is 252 g/mol. The van der Waals surface area contributed by atoms with E-state index in [9.17, 15) is 9.90 Å². The van der Waals surface area contributed by atoms with E-state index in [1.54, 1.807) is 43.3 Å². The molecule has 1 rings (SSSR count). The normalized spacial score (nSPS) is 12.2. The highest BCUT2D eigenvalue weighted by Gasteiger charge is 2.17. The average Bonchev–Trinajstić information content (AvgIpc) is 2.37. The van der Waals surface area contributed by atoms with E-state index in [0.717, 1.165) is 5.56 Å². The molecule has 0 radical (unpaired) electrons. The number of carbonyl (C=O) groups is 1. The fourth-order valence-electron chi connectivity index (χ4n) is 1.60. The van der Waals surface area contributed by atoms with Crippen molar-refractivity contribution < 1.29 is 14.6 Å². The molecule has 1 atom stereocenters. The molecule has 3 N–H and O–H groups in total. The fraction of sp³-hybridized carbons (Fsp3) is 0.462. The summed E-state index contributed by atoms with van der Waals surface area (Å²) in [6, 6.07) is 6.21. The lowest BCUT2D eigenvalue weighted by molar-refractivity contribution is -0.132. The number of nitrogens with zero attached hydrogens (tertiary/aromatic N) is 1. The molecule has 0 fully saturated rings. The molecule has 0 aliphatic rings. The Balaban J connectivity index is 2.51. The second-order valence-corrected chi connectivity index (χ2v) is 4.25. The summed E-state index contributed by atoms with van der Waals surface area (Å²) in [7, 11) is 3.29. The van der Waals surface area contributed by atoms with Crippen LogP contribution >= 0.6 is 0 Å². The molecule has 1 amide bonds. The number of hydrogen-bond acceptors (Lipinski definition) is 4. The van der Waals surface area contributed by atoms with Crippen LogP contribution in [0.4, 0.5) is 0 Å². The monoisotopic (exact) mass is 252 g/mol. The molecule has 1 aromatic carbocycles. The number of rotatable bonds is 6. The Bertz CT molecular complexity index is 378. The molecule has 0 spiro atoms. The Morgan fingerprint density at radius 1 is 1.44 bits per heavy atom. The van der Waals surface area contributed by atoms with Crippen LogP contribution in [0.25, 0.3) is 0 Å². The van der Waals surface area contributed by atoms with E-state index in [-0.39, 0.29) is 11.7 Å². The first-order valence-corrected chi connectivity index (χ1v) is 5.82. The van der Waals surface area contributed by atoms with Crippen molar-refractivity contribution in [2.45, 2.75) is 19.0 Å². The number of phenols is 1. The number of likely N-dealkylation sites (N-methyl/N-ethyl adjacent to an activating group) is 1. The van der Waals surface area contributed by atoms with Gasteiger partial charge in [-0.05, 0) is 24.1 Å². The molecule has 1 aromatic rings. The molecule has 5 heteroatoms. The number of hydrogen-bond donors (Lipinski definition) is 2. The smallest absolute Gasteiger partial charge is 0.239 e. The summed E-state index contributed by atoms with van der Waals surface area (Å²) in [5.41, 5.74) is 6.72. The highest BCUT2D eigenvalue weighted by atomic mass is 16.5.